The summed E-state index contributed by atoms with van der Waals surface area (Å²) in [4.78, 5) is 44.4. The van der Waals surface area contributed by atoms with Crippen molar-refractivity contribution in [3.8, 4) is 0 Å². The summed E-state index contributed by atoms with van der Waals surface area (Å²) in [6.07, 6.45) is 4.49. The molecule has 0 aromatic carbocycles. The van der Waals surface area contributed by atoms with Gasteiger partial charge in [0.25, 0.3) is 0 Å². The highest BCUT2D eigenvalue weighted by Gasteiger charge is 2.54. The molecular formula is C25H41N3O6. The van der Waals surface area contributed by atoms with Gasteiger partial charge in [0.05, 0.1) is 18.9 Å². The summed E-state index contributed by atoms with van der Waals surface area (Å²) in [7, 11) is 1.59. The van der Waals surface area contributed by atoms with E-state index in [1.54, 1.807) is 39.7 Å². The van der Waals surface area contributed by atoms with Crippen molar-refractivity contribution in [3.05, 3.63) is 12.7 Å². The maximum Gasteiger partial charge on any atom is 0.437 e. The molecule has 0 spiro atoms. The molecule has 1 aliphatic carbocycles. The average molecular weight is 480 g/mol. The van der Waals surface area contributed by atoms with Crippen molar-refractivity contribution >= 4 is 23.9 Å². The minimum Gasteiger partial charge on any atom is -0.466 e. The van der Waals surface area contributed by atoms with Crippen LogP contribution in [0.3, 0.4) is 0 Å². The summed E-state index contributed by atoms with van der Waals surface area (Å²) in [6.45, 7) is 13.6. The Morgan fingerprint density at radius 2 is 2.06 bits per heavy atom. The van der Waals surface area contributed by atoms with E-state index in [0.29, 0.717) is 45.3 Å². The van der Waals surface area contributed by atoms with E-state index in [1.165, 1.54) is 0 Å². The van der Waals surface area contributed by atoms with E-state index in [4.69, 9.17) is 14.2 Å². The molecule has 9 heteroatoms. The topological polar surface area (TPSA) is 107 Å². The number of guanidine groups is 1. The Bertz CT molecular complexity index is 790. The number of allylic oxidation sites excluding steroid dienone is 1. The molecular weight excluding hydrogens is 438 g/mol. The highest BCUT2D eigenvalue weighted by Crippen LogP contribution is 2.46. The Morgan fingerprint density at radius 1 is 1.35 bits per heavy atom. The number of nitrogens with zero attached hydrogens (tertiary/aromatic N) is 2. The molecule has 0 aromatic heterocycles. The third kappa shape index (κ3) is 7.29. The van der Waals surface area contributed by atoms with Gasteiger partial charge in [-0.05, 0) is 65.7 Å². The Kier molecular flexibility index (Phi) is 9.67. The number of amides is 2. The van der Waals surface area contributed by atoms with Gasteiger partial charge < -0.3 is 19.5 Å². The van der Waals surface area contributed by atoms with E-state index >= 15 is 0 Å². The molecule has 2 rings (SSSR count). The monoisotopic (exact) mass is 479 g/mol. The minimum atomic E-state index is -0.772. The van der Waals surface area contributed by atoms with Crippen molar-refractivity contribution < 1.29 is 28.6 Å². The molecule has 192 valence electrons. The lowest BCUT2D eigenvalue weighted by atomic mass is 9.84. The van der Waals surface area contributed by atoms with E-state index in [0.717, 1.165) is 0 Å². The van der Waals surface area contributed by atoms with E-state index in [2.05, 4.69) is 16.9 Å². The number of hydrogen-bond acceptors (Lipinski definition) is 6. The second-order valence-electron chi connectivity index (χ2n) is 10.0. The van der Waals surface area contributed by atoms with Crippen molar-refractivity contribution in [2.45, 2.75) is 90.3 Å². The number of carbonyl (C=O) groups is 3. The van der Waals surface area contributed by atoms with Crippen LogP contribution in [-0.2, 0) is 23.8 Å². The van der Waals surface area contributed by atoms with Crippen molar-refractivity contribution in [1.82, 2.24) is 10.2 Å². The first-order chi connectivity index (χ1) is 16.0. The van der Waals surface area contributed by atoms with Crippen molar-refractivity contribution in [3.63, 3.8) is 0 Å². The minimum absolute atomic E-state index is 0.0916. The van der Waals surface area contributed by atoms with E-state index in [-0.39, 0.29) is 42.1 Å². The number of carbonyl (C=O) groups excluding carboxylic acids is 3. The number of esters is 1. The van der Waals surface area contributed by atoms with Gasteiger partial charge in [0.15, 0.2) is 0 Å². The van der Waals surface area contributed by atoms with Crippen molar-refractivity contribution in [1.29, 1.82) is 0 Å². The second kappa shape index (κ2) is 11.8. The molecule has 1 heterocycles. The molecule has 0 bridgehead atoms. The summed E-state index contributed by atoms with van der Waals surface area (Å²) in [6, 6.07) is -0.357. The molecule has 1 aliphatic heterocycles. The number of ether oxygens (including phenoxy) is 3. The van der Waals surface area contributed by atoms with Crippen molar-refractivity contribution in [2.75, 3.05) is 20.3 Å². The summed E-state index contributed by atoms with van der Waals surface area (Å²) in [5.41, 5.74) is -1.27. The molecule has 4 atom stereocenters. The van der Waals surface area contributed by atoms with Gasteiger partial charge in [-0.1, -0.05) is 13.0 Å². The molecule has 9 nitrogen and oxygen atoms in total. The fourth-order valence-electron chi connectivity index (χ4n) is 4.48. The van der Waals surface area contributed by atoms with Crippen LogP contribution in [0.1, 0.15) is 73.1 Å². The van der Waals surface area contributed by atoms with Gasteiger partial charge in [0.2, 0.25) is 11.9 Å². The predicted octanol–water partition coefficient (Wildman–Crippen LogP) is 3.82. The number of rotatable bonds is 11. The van der Waals surface area contributed by atoms with Gasteiger partial charge in [0.1, 0.15) is 5.60 Å². The van der Waals surface area contributed by atoms with Crippen LogP contribution in [0.5, 0.6) is 0 Å². The molecule has 2 amide bonds. The molecule has 1 saturated carbocycles. The third-order valence-corrected chi connectivity index (χ3v) is 6.33. The van der Waals surface area contributed by atoms with Crippen LogP contribution in [-0.4, -0.2) is 66.3 Å². The van der Waals surface area contributed by atoms with E-state index < -0.39 is 17.2 Å². The van der Waals surface area contributed by atoms with Crippen LogP contribution >= 0.6 is 0 Å². The Morgan fingerprint density at radius 3 is 2.62 bits per heavy atom. The van der Waals surface area contributed by atoms with Gasteiger partial charge >= 0.3 is 12.1 Å². The Labute approximate surface area is 203 Å². The zero-order chi connectivity index (χ0) is 25.5. The average Bonchev–Trinajstić information content (AvgIpc) is 3.53. The van der Waals surface area contributed by atoms with Crippen LogP contribution in [0.2, 0.25) is 0 Å². The smallest absolute Gasteiger partial charge is 0.437 e. The fourth-order valence-corrected chi connectivity index (χ4v) is 4.48. The van der Waals surface area contributed by atoms with Gasteiger partial charge in [-0.2, -0.15) is 0 Å². The zero-order valence-electron chi connectivity index (χ0n) is 21.5. The van der Waals surface area contributed by atoms with Gasteiger partial charge in [-0.3, -0.25) is 14.5 Å². The summed E-state index contributed by atoms with van der Waals surface area (Å²) >= 11 is 0. The molecule has 1 N–H and O–H groups in total. The largest absolute Gasteiger partial charge is 0.466 e. The first-order valence-corrected chi connectivity index (χ1v) is 12.2. The van der Waals surface area contributed by atoms with Crippen molar-refractivity contribution in [2.24, 2.45) is 16.8 Å². The lowest BCUT2D eigenvalue weighted by molar-refractivity contribution is -0.146. The second-order valence-corrected chi connectivity index (χ2v) is 10.0. The van der Waals surface area contributed by atoms with Crippen LogP contribution in [0, 0.1) is 11.8 Å². The number of nitrogens with one attached hydrogen (secondary N) is 1. The third-order valence-electron chi connectivity index (χ3n) is 6.33. The van der Waals surface area contributed by atoms with Crippen LogP contribution < -0.4 is 5.32 Å². The molecule has 0 unspecified atom stereocenters. The summed E-state index contributed by atoms with van der Waals surface area (Å²) < 4.78 is 15.9. The first kappa shape index (κ1) is 27.8. The normalized spacial score (nSPS) is 26.6. The molecule has 0 aromatic rings. The maximum atomic E-state index is 13.6. The number of hydrogen-bond donors (Lipinski definition) is 1. The van der Waals surface area contributed by atoms with Crippen LogP contribution in [0.4, 0.5) is 4.79 Å². The van der Waals surface area contributed by atoms with Gasteiger partial charge in [-0.25, -0.2) is 4.79 Å². The molecule has 0 radical (unpaired) electrons. The highest BCUT2D eigenvalue weighted by atomic mass is 16.6. The number of methoxy groups -OCH3 is 1. The Balaban J connectivity index is 2.43. The lowest BCUT2D eigenvalue weighted by Gasteiger charge is -2.45. The van der Waals surface area contributed by atoms with Gasteiger partial charge in [-0.15, -0.1) is 11.6 Å². The summed E-state index contributed by atoms with van der Waals surface area (Å²) in [5, 5.41) is 3.41. The van der Waals surface area contributed by atoms with E-state index in [9.17, 15) is 14.4 Å². The standard InChI is InChI=1S/C25H41N3O6/c1-8-11-13-25(9-2)16-20(29)28(22(27-25)26-23(31)34-24(4,5)6)19(12-14-32-7)17-15-18(17)21(30)33-10-3/h8,17-19H,1,9-16H2,2-7H3,(H,26,27,31)/t17-,18-,19+,25+/m0/s1. The SMILES string of the molecule is C=CCC[C@]1(CC)CC(=O)N([C@H](CCOC)[C@H]2C[C@@H]2C(=O)OCC)/C(=N/C(=O)OC(C)(C)C)N1. The Hall–Kier alpha value is -2.42. The van der Waals surface area contributed by atoms with E-state index in [1.807, 2.05) is 13.0 Å². The zero-order valence-corrected chi connectivity index (χ0v) is 21.5. The number of aliphatic imine (C=N–C) groups is 1. The summed E-state index contributed by atoms with van der Waals surface area (Å²) in [5.74, 6) is -0.594. The van der Waals surface area contributed by atoms with Gasteiger partial charge in [0, 0.05) is 25.3 Å². The maximum absolute atomic E-state index is 13.6. The molecule has 34 heavy (non-hydrogen) atoms. The molecule has 2 aliphatic rings. The highest BCUT2D eigenvalue weighted by molar-refractivity contribution is 6.04. The predicted molar refractivity (Wildman–Crippen MR) is 129 cm³/mol. The first-order valence-electron chi connectivity index (χ1n) is 12.2. The van der Waals surface area contributed by atoms with Crippen LogP contribution in [0.15, 0.2) is 17.6 Å². The van der Waals surface area contributed by atoms with Crippen LogP contribution in [0.25, 0.3) is 0 Å². The quantitative estimate of drug-likeness (QED) is 0.355. The lowest BCUT2D eigenvalue weighted by Crippen LogP contribution is -2.65. The fraction of sp³-hybridized carbons (Fsp3) is 0.760. The molecule has 1 saturated heterocycles. The molecule has 2 fully saturated rings.